The maximum absolute atomic E-state index is 11.0. The summed E-state index contributed by atoms with van der Waals surface area (Å²) in [6.45, 7) is 10.7. The molecule has 2 nitrogen and oxygen atoms in total. The third-order valence-electron chi connectivity index (χ3n) is 5.35. The molecule has 0 bridgehead atoms. The fourth-order valence-corrected chi connectivity index (χ4v) is 3.72. The highest BCUT2D eigenvalue weighted by atomic mass is 16.3. The Morgan fingerprint density at radius 2 is 1.62 bits per heavy atom. The number of benzene rings is 1. The van der Waals surface area contributed by atoms with Crippen molar-refractivity contribution in [1.29, 1.82) is 0 Å². The fourth-order valence-electron chi connectivity index (χ4n) is 3.72. The van der Waals surface area contributed by atoms with Crippen molar-refractivity contribution in [3.05, 3.63) is 33.9 Å². The van der Waals surface area contributed by atoms with Crippen molar-refractivity contribution in [3.8, 4) is 0 Å². The zero-order chi connectivity index (χ0) is 15.6. The van der Waals surface area contributed by atoms with Crippen molar-refractivity contribution >= 4 is 0 Å². The predicted octanol–water partition coefficient (Wildman–Crippen LogP) is 4.26. The molecule has 1 saturated carbocycles. The van der Waals surface area contributed by atoms with E-state index in [9.17, 15) is 5.11 Å². The Morgan fingerprint density at radius 1 is 1.10 bits per heavy atom. The Balaban J connectivity index is 2.26. The summed E-state index contributed by atoms with van der Waals surface area (Å²) in [5, 5.41) is 14.7. The predicted molar refractivity (Wildman–Crippen MR) is 89.8 cm³/mol. The van der Waals surface area contributed by atoms with Crippen LogP contribution in [0.15, 0.2) is 6.07 Å². The van der Waals surface area contributed by atoms with E-state index in [-0.39, 0.29) is 6.04 Å². The molecule has 1 aliphatic rings. The van der Waals surface area contributed by atoms with Gasteiger partial charge in [0.1, 0.15) is 0 Å². The van der Waals surface area contributed by atoms with Gasteiger partial charge < -0.3 is 10.4 Å². The quantitative estimate of drug-likeness (QED) is 0.848. The fraction of sp³-hybridized carbons (Fsp3) is 0.684. The normalized spacial score (nSPS) is 19.0. The molecule has 2 rings (SSSR count). The van der Waals surface area contributed by atoms with E-state index in [1.165, 1.54) is 47.9 Å². The highest BCUT2D eigenvalue weighted by molar-refractivity contribution is 5.45. The average molecular weight is 289 g/mol. The number of aryl methyl sites for hydroxylation is 2. The molecule has 0 aliphatic heterocycles. The van der Waals surface area contributed by atoms with Crippen LogP contribution >= 0.6 is 0 Å². The van der Waals surface area contributed by atoms with Crippen molar-refractivity contribution in [2.24, 2.45) is 0 Å². The van der Waals surface area contributed by atoms with Gasteiger partial charge in [0.15, 0.2) is 0 Å². The van der Waals surface area contributed by atoms with E-state index >= 15 is 0 Å². The van der Waals surface area contributed by atoms with Crippen LogP contribution in [0, 0.1) is 27.7 Å². The maximum Gasteiger partial charge on any atom is 0.0948 e. The molecule has 2 atom stereocenters. The average Bonchev–Trinajstić information content (AvgIpc) is 2.95. The number of nitrogens with one attached hydrogen (secondary N) is 1. The first kappa shape index (κ1) is 16.5. The van der Waals surface area contributed by atoms with Crippen LogP contribution in [-0.2, 0) is 0 Å². The van der Waals surface area contributed by atoms with Gasteiger partial charge in [-0.3, -0.25) is 0 Å². The molecular formula is C19H31NO. The molecule has 1 aromatic rings. The van der Waals surface area contributed by atoms with E-state index in [1.807, 2.05) is 0 Å². The molecule has 1 fully saturated rings. The standard InChI is InChI=1S/C19H31NO/c1-6-17(20-16-9-7-8-10-16)19(21)18-14(4)12(2)11-13(3)15(18)5/h11,16-17,19-21H,6-10H2,1-5H3. The zero-order valence-electron chi connectivity index (χ0n) is 14.3. The highest BCUT2D eigenvalue weighted by Crippen LogP contribution is 2.31. The van der Waals surface area contributed by atoms with Crippen LogP contribution in [0.5, 0.6) is 0 Å². The molecule has 2 heteroatoms. The molecule has 0 aromatic heterocycles. The number of aliphatic hydroxyl groups is 1. The molecule has 0 spiro atoms. The maximum atomic E-state index is 11.0. The first-order valence-corrected chi connectivity index (χ1v) is 8.47. The topological polar surface area (TPSA) is 32.3 Å². The Morgan fingerprint density at radius 3 is 2.10 bits per heavy atom. The molecule has 118 valence electrons. The number of rotatable bonds is 5. The summed E-state index contributed by atoms with van der Waals surface area (Å²) in [6.07, 6.45) is 5.72. The van der Waals surface area contributed by atoms with Crippen molar-refractivity contribution in [2.45, 2.75) is 84.9 Å². The number of hydrogen-bond acceptors (Lipinski definition) is 2. The largest absolute Gasteiger partial charge is 0.387 e. The second kappa shape index (κ2) is 6.93. The Kier molecular flexibility index (Phi) is 5.45. The minimum Gasteiger partial charge on any atom is -0.387 e. The minimum absolute atomic E-state index is 0.159. The Hall–Kier alpha value is -0.860. The lowest BCUT2D eigenvalue weighted by molar-refractivity contribution is 0.118. The van der Waals surface area contributed by atoms with Crippen LogP contribution in [0.1, 0.15) is 72.9 Å². The van der Waals surface area contributed by atoms with E-state index in [2.05, 4.69) is 46.0 Å². The van der Waals surface area contributed by atoms with Crippen molar-refractivity contribution in [2.75, 3.05) is 0 Å². The van der Waals surface area contributed by atoms with Crippen LogP contribution in [0.4, 0.5) is 0 Å². The van der Waals surface area contributed by atoms with Crippen LogP contribution in [0.25, 0.3) is 0 Å². The van der Waals surface area contributed by atoms with Gasteiger partial charge in [-0.1, -0.05) is 25.8 Å². The molecule has 21 heavy (non-hydrogen) atoms. The molecule has 2 unspecified atom stereocenters. The summed E-state index contributed by atoms with van der Waals surface area (Å²) in [6, 6.07) is 2.98. The van der Waals surface area contributed by atoms with E-state index < -0.39 is 6.10 Å². The molecule has 0 saturated heterocycles. The first-order valence-electron chi connectivity index (χ1n) is 8.47. The van der Waals surface area contributed by atoms with Crippen molar-refractivity contribution in [1.82, 2.24) is 5.32 Å². The summed E-state index contributed by atoms with van der Waals surface area (Å²) < 4.78 is 0. The molecule has 1 aliphatic carbocycles. The third kappa shape index (κ3) is 3.49. The zero-order valence-corrected chi connectivity index (χ0v) is 14.3. The molecule has 0 heterocycles. The lowest BCUT2D eigenvalue weighted by atomic mass is 9.87. The van der Waals surface area contributed by atoms with Gasteiger partial charge in [-0.2, -0.15) is 0 Å². The third-order valence-corrected chi connectivity index (χ3v) is 5.35. The molecule has 1 aromatic carbocycles. The SMILES string of the molecule is CCC(NC1CCCC1)C(O)c1c(C)c(C)cc(C)c1C. The molecule has 0 amide bonds. The summed E-state index contributed by atoms with van der Waals surface area (Å²) in [4.78, 5) is 0. The second-order valence-corrected chi connectivity index (χ2v) is 6.78. The van der Waals surface area contributed by atoms with E-state index in [1.54, 1.807) is 0 Å². The summed E-state index contributed by atoms with van der Waals surface area (Å²) in [7, 11) is 0. The van der Waals surface area contributed by atoms with Crippen molar-refractivity contribution in [3.63, 3.8) is 0 Å². The van der Waals surface area contributed by atoms with Crippen LogP contribution < -0.4 is 5.32 Å². The lowest BCUT2D eigenvalue weighted by Gasteiger charge is -2.29. The van der Waals surface area contributed by atoms with Gasteiger partial charge in [0.05, 0.1) is 6.10 Å². The van der Waals surface area contributed by atoms with Gasteiger partial charge in [-0.15, -0.1) is 0 Å². The van der Waals surface area contributed by atoms with Crippen LogP contribution in [0.2, 0.25) is 0 Å². The van der Waals surface area contributed by atoms with E-state index in [0.29, 0.717) is 6.04 Å². The summed E-state index contributed by atoms with van der Waals surface area (Å²) >= 11 is 0. The van der Waals surface area contributed by atoms with Gasteiger partial charge >= 0.3 is 0 Å². The lowest BCUT2D eigenvalue weighted by Crippen LogP contribution is -2.40. The monoisotopic (exact) mass is 289 g/mol. The molecule has 0 radical (unpaired) electrons. The second-order valence-electron chi connectivity index (χ2n) is 6.78. The van der Waals surface area contributed by atoms with Gasteiger partial charge in [-0.05, 0) is 74.8 Å². The van der Waals surface area contributed by atoms with E-state index in [0.717, 1.165) is 12.0 Å². The molecule has 2 N–H and O–H groups in total. The highest BCUT2D eigenvalue weighted by Gasteiger charge is 2.27. The summed E-state index contributed by atoms with van der Waals surface area (Å²) in [5.41, 5.74) is 6.20. The van der Waals surface area contributed by atoms with Crippen molar-refractivity contribution < 1.29 is 5.11 Å². The van der Waals surface area contributed by atoms with Gasteiger partial charge in [0, 0.05) is 12.1 Å². The smallest absolute Gasteiger partial charge is 0.0948 e. The van der Waals surface area contributed by atoms with Gasteiger partial charge in [0.25, 0.3) is 0 Å². The molecular weight excluding hydrogens is 258 g/mol. The summed E-state index contributed by atoms with van der Waals surface area (Å²) in [5.74, 6) is 0. The van der Waals surface area contributed by atoms with Crippen LogP contribution in [0.3, 0.4) is 0 Å². The van der Waals surface area contributed by atoms with E-state index in [4.69, 9.17) is 0 Å². The number of hydrogen-bond donors (Lipinski definition) is 2. The Labute approximate surface area is 130 Å². The minimum atomic E-state index is -0.408. The van der Waals surface area contributed by atoms with Crippen LogP contribution in [-0.4, -0.2) is 17.2 Å². The Bertz CT molecular complexity index is 463. The van der Waals surface area contributed by atoms with Gasteiger partial charge in [0.2, 0.25) is 0 Å². The van der Waals surface area contributed by atoms with Gasteiger partial charge in [-0.25, -0.2) is 0 Å². The number of aliphatic hydroxyl groups excluding tert-OH is 1. The first-order chi connectivity index (χ1) is 9.95.